The highest BCUT2D eigenvalue weighted by Gasteiger charge is 2.44. The van der Waals surface area contributed by atoms with Gasteiger partial charge in [0.1, 0.15) is 5.78 Å². The molecule has 0 amide bonds. The fourth-order valence-electron chi connectivity index (χ4n) is 6.14. The molecule has 0 saturated heterocycles. The minimum Gasteiger partial charge on any atom is -0.299 e. The number of rotatable bonds is 9. The predicted molar refractivity (Wildman–Crippen MR) is 118 cm³/mol. The minimum absolute atomic E-state index is 0.141. The summed E-state index contributed by atoms with van der Waals surface area (Å²) in [7, 11) is 0. The van der Waals surface area contributed by atoms with Gasteiger partial charge in [0, 0.05) is 18.8 Å². The fourth-order valence-corrected chi connectivity index (χ4v) is 6.14. The van der Waals surface area contributed by atoms with E-state index in [1.54, 1.807) is 0 Å². The Morgan fingerprint density at radius 3 is 2.41 bits per heavy atom. The number of fused-ring (bicyclic) bond motifs is 1. The van der Waals surface area contributed by atoms with Gasteiger partial charge in [-0.15, -0.1) is 0 Å². The van der Waals surface area contributed by atoms with Gasteiger partial charge in [0.15, 0.2) is 5.78 Å². The Morgan fingerprint density at radius 1 is 0.931 bits per heavy atom. The number of hydrogen-bond donors (Lipinski definition) is 0. The molecule has 3 aliphatic carbocycles. The zero-order chi connectivity index (χ0) is 20.3. The van der Waals surface area contributed by atoms with E-state index in [1.165, 1.54) is 44.1 Å². The van der Waals surface area contributed by atoms with Crippen molar-refractivity contribution < 1.29 is 9.59 Å². The molecule has 0 aromatic heterocycles. The van der Waals surface area contributed by atoms with Crippen molar-refractivity contribution in [1.29, 1.82) is 0 Å². The second-order valence-corrected chi connectivity index (χ2v) is 9.92. The quantitative estimate of drug-likeness (QED) is 0.445. The van der Waals surface area contributed by atoms with Crippen LogP contribution < -0.4 is 0 Å². The van der Waals surface area contributed by atoms with Gasteiger partial charge in [-0.1, -0.05) is 69.0 Å². The molecule has 1 aromatic rings. The molecule has 2 nitrogen and oxygen atoms in total. The fraction of sp³-hybridized carbons (Fsp3) is 0.630. The summed E-state index contributed by atoms with van der Waals surface area (Å²) in [5.41, 5.74) is 2.23. The molecule has 0 radical (unpaired) electrons. The van der Waals surface area contributed by atoms with E-state index < -0.39 is 0 Å². The molecule has 2 heteroatoms. The number of carbonyl (C=O) groups excluding carboxylic acids is 2. The summed E-state index contributed by atoms with van der Waals surface area (Å²) in [6.07, 6.45) is 13.7. The Morgan fingerprint density at radius 2 is 1.66 bits per heavy atom. The van der Waals surface area contributed by atoms with Gasteiger partial charge < -0.3 is 0 Å². The van der Waals surface area contributed by atoms with E-state index in [-0.39, 0.29) is 17.1 Å². The summed E-state index contributed by atoms with van der Waals surface area (Å²) in [4.78, 5) is 25.5. The topological polar surface area (TPSA) is 34.1 Å². The highest BCUT2D eigenvalue weighted by atomic mass is 16.1. The monoisotopic (exact) mass is 392 g/mol. The van der Waals surface area contributed by atoms with Crippen molar-refractivity contribution in [1.82, 2.24) is 0 Å². The molecule has 0 heterocycles. The van der Waals surface area contributed by atoms with Crippen LogP contribution in [0.4, 0.5) is 0 Å². The molecule has 3 atom stereocenters. The van der Waals surface area contributed by atoms with Crippen LogP contribution in [0.25, 0.3) is 0 Å². The van der Waals surface area contributed by atoms with Crippen molar-refractivity contribution in [2.24, 2.45) is 17.8 Å². The summed E-state index contributed by atoms with van der Waals surface area (Å²) in [5.74, 6) is 2.30. The second kappa shape index (κ2) is 8.98. The van der Waals surface area contributed by atoms with E-state index in [0.717, 1.165) is 37.2 Å². The maximum absolute atomic E-state index is 12.9. The molecule has 0 N–H and O–H groups in total. The average Bonchev–Trinajstić information content (AvgIpc) is 3.54. The Labute approximate surface area is 176 Å². The van der Waals surface area contributed by atoms with Crippen LogP contribution in [0.15, 0.2) is 42.5 Å². The average molecular weight is 393 g/mol. The Balaban J connectivity index is 1.23. The van der Waals surface area contributed by atoms with Gasteiger partial charge in [-0.3, -0.25) is 9.59 Å². The molecule has 3 unspecified atom stereocenters. The summed E-state index contributed by atoms with van der Waals surface area (Å²) >= 11 is 0. The van der Waals surface area contributed by atoms with Crippen LogP contribution in [0, 0.1) is 17.8 Å². The maximum atomic E-state index is 12.9. The molecular formula is C27H36O2. The zero-order valence-electron chi connectivity index (χ0n) is 17.8. The summed E-state index contributed by atoms with van der Waals surface area (Å²) in [5, 5.41) is 0. The normalized spacial score (nSPS) is 27.7. The highest BCUT2D eigenvalue weighted by Crippen LogP contribution is 2.52. The van der Waals surface area contributed by atoms with Crippen LogP contribution in [0.3, 0.4) is 0 Å². The number of Topliss-reactive ketones (excluding diaryl/α,β-unsaturated/α-hetero) is 2. The van der Waals surface area contributed by atoms with Crippen molar-refractivity contribution in [3.05, 3.63) is 48.0 Å². The van der Waals surface area contributed by atoms with Crippen molar-refractivity contribution in [3.8, 4) is 0 Å². The van der Waals surface area contributed by atoms with E-state index >= 15 is 0 Å². The maximum Gasteiger partial charge on any atom is 0.158 e. The summed E-state index contributed by atoms with van der Waals surface area (Å²) < 4.78 is 0. The first-order valence-electron chi connectivity index (χ1n) is 11.9. The third-order valence-electron chi connectivity index (χ3n) is 8.00. The SMILES string of the molecule is C=C(CC1(c2ccccc2)CC1)C(=O)CCCC(=O)C1CCCC2CCCCC21. The van der Waals surface area contributed by atoms with Crippen LogP contribution in [-0.4, -0.2) is 11.6 Å². The van der Waals surface area contributed by atoms with Gasteiger partial charge in [0.25, 0.3) is 0 Å². The van der Waals surface area contributed by atoms with E-state index in [2.05, 4.69) is 30.8 Å². The van der Waals surface area contributed by atoms with Crippen molar-refractivity contribution in [2.45, 2.75) is 88.9 Å². The number of hydrogen-bond acceptors (Lipinski definition) is 2. The van der Waals surface area contributed by atoms with E-state index in [1.807, 2.05) is 6.07 Å². The molecule has 1 aromatic carbocycles. The Bertz CT molecular complexity index is 741. The molecule has 3 saturated carbocycles. The number of carbonyl (C=O) groups is 2. The molecule has 3 aliphatic rings. The first-order chi connectivity index (χ1) is 14.1. The van der Waals surface area contributed by atoms with Gasteiger partial charge >= 0.3 is 0 Å². The molecule has 0 aliphatic heterocycles. The number of ketones is 2. The lowest BCUT2D eigenvalue weighted by atomic mass is 9.64. The molecule has 0 spiro atoms. The lowest BCUT2D eigenvalue weighted by Gasteiger charge is -2.40. The Hall–Kier alpha value is -1.70. The van der Waals surface area contributed by atoms with Crippen molar-refractivity contribution in [3.63, 3.8) is 0 Å². The van der Waals surface area contributed by atoms with Crippen LogP contribution in [-0.2, 0) is 15.0 Å². The van der Waals surface area contributed by atoms with Crippen LogP contribution in [0.2, 0.25) is 0 Å². The van der Waals surface area contributed by atoms with Gasteiger partial charge in [-0.2, -0.15) is 0 Å². The molecule has 3 fully saturated rings. The first-order valence-corrected chi connectivity index (χ1v) is 11.9. The predicted octanol–water partition coefficient (Wildman–Crippen LogP) is 6.58. The molecule has 0 bridgehead atoms. The van der Waals surface area contributed by atoms with E-state index in [4.69, 9.17) is 0 Å². The van der Waals surface area contributed by atoms with Gasteiger partial charge in [-0.05, 0) is 66.9 Å². The lowest BCUT2D eigenvalue weighted by Crippen LogP contribution is -2.35. The van der Waals surface area contributed by atoms with Crippen molar-refractivity contribution >= 4 is 11.6 Å². The number of allylic oxidation sites excluding steroid dienone is 1. The summed E-state index contributed by atoms with van der Waals surface area (Å²) in [6, 6.07) is 10.5. The third-order valence-corrected chi connectivity index (χ3v) is 8.00. The van der Waals surface area contributed by atoms with E-state index in [0.29, 0.717) is 31.0 Å². The molecule has 156 valence electrons. The largest absolute Gasteiger partial charge is 0.299 e. The van der Waals surface area contributed by atoms with Gasteiger partial charge in [0.05, 0.1) is 0 Å². The first kappa shape index (κ1) is 20.6. The number of benzene rings is 1. The summed E-state index contributed by atoms with van der Waals surface area (Å²) in [6.45, 7) is 4.11. The van der Waals surface area contributed by atoms with Crippen LogP contribution >= 0.6 is 0 Å². The molecular weight excluding hydrogens is 356 g/mol. The van der Waals surface area contributed by atoms with Gasteiger partial charge in [-0.25, -0.2) is 0 Å². The van der Waals surface area contributed by atoms with Gasteiger partial charge in [0.2, 0.25) is 0 Å². The van der Waals surface area contributed by atoms with E-state index in [9.17, 15) is 9.59 Å². The third kappa shape index (κ3) is 4.73. The minimum atomic E-state index is 0.141. The highest BCUT2D eigenvalue weighted by molar-refractivity contribution is 5.95. The molecule has 4 rings (SSSR count). The Kier molecular flexibility index (Phi) is 6.37. The standard InChI is InChI=1S/C27H36O2/c1-20(19-27(17-18-27)22-11-3-2-4-12-22)25(28)15-8-16-26(29)24-14-7-10-21-9-5-6-13-23(21)24/h2-4,11-12,21,23-24H,1,5-10,13-19H2. The lowest BCUT2D eigenvalue weighted by molar-refractivity contribution is -0.127. The van der Waals surface area contributed by atoms with Crippen LogP contribution in [0.5, 0.6) is 0 Å². The smallest absolute Gasteiger partial charge is 0.158 e. The van der Waals surface area contributed by atoms with Crippen LogP contribution in [0.1, 0.15) is 89.0 Å². The second-order valence-electron chi connectivity index (χ2n) is 9.92. The van der Waals surface area contributed by atoms with Crippen molar-refractivity contribution in [2.75, 3.05) is 0 Å². The molecule has 29 heavy (non-hydrogen) atoms. The zero-order valence-corrected chi connectivity index (χ0v) is 17.8.